The average molecular weight is 490 g/mol. The molecule has 30 heavy (non-hydrogen) atoms. The van der Waals surface area contributed by atoms with E-state index in [4.69, 9.17) is 5.73 Å². The smallest absolute Gasteiger partial charge is 0.318 e. The van der Waals surface area contributed by atoms with E-state index in [0.29, 0.717) is 12.8 Å². The van der Waals surface area contributed by atoms with E-state index in [1.54, 1.807) is 0 Å². The topological polar surface area (TPSA) is 72.2 Å². The summed E-state index contributed by atoms with van der Waals surface area (Å²) >= 11 is 3.26. The van der Waals surface area contributed by atoms with Gasteiger partial charge in [0.2, 0.25) is 5.91 Å². The van der Waals surface area contributed by atoms with Crippen LogP contribution in [0.3, 0.4) is 0 Å². The maximum Gasteiger partial charge on any atom is 0.318 e. The highest BCUT2D eigenvalue weighted by Crippen LogP contribution is 2.26. The molecule has 0 unspecified atom stereocenters. The molecule has 0 aromatic carbocycles. The van der Waals surface area contributed by atoms with Crippen LogP contribution in [0.25, 0.3) is 0 Å². The molecule has 0 rings (SSSR count). The van der Waals surface area contributed by atoms with Gasteiger partial charge in [-0.25, -0.2) is 4.79 Å². The van der Waals surface area contributed by atoms with Crippen LogP contribution in [0.15, 0.2) is 12.7 Å². The van der Waals surface area contributed by atoms with Crippen molar-refractivity contribution in [2.75, 3.05) is 0 Å². The van der Waals surface area contributed by atoms with Crippen molar-refractivity contribution in [2.45, 2.75) is 134 Å². The maximum atomic E-state index is 11.3. The summed E-state index contributed by atoms with van der Waals surface area (Å²) in [6.07, 6.45) is 24.7. The zero-order valence-electron chi connectivity index (χ0n) is 20.1. The molecule has 0 spiro atoms. The highest BCUT2D eigenvalue weighted by Gasteiger charge is 2.32. The number of allylic oxidation sites excluding steroid dienone is 1. The van der Waals surface area contributed by atoms with Gasteiger partial charge in [0.05, 0.1) is 0 Å². The number of alkyl halides is 1. The summed E-state index contributed by atoms with van der Waals surface area (Å²) in [4.78, 5) is 21.6. The van der Waals surface area contributed by atoms with Gasteiger partial charge in [-0.3, -0.25) is 10.1 Å². The molecule has 0 saturated heterocycles. The summed E-state index contributed by atoms with van der Waals surface area (Å²) in [7, 11) is 0. The summed E-state index contributed by atoms with van der Waals surface area (Å²) in [6.45, 7) is 9.77. The van der Waals surface area contributed by atoms with Gasteiger partial charge in [0.15, 0.2) is 0 Å². The van der Waals surface area contributed by atoms with Crippen molar-refractivity contribution >= 4 is 27.9 Å². The quantitative estimate of drug-likeness (QED) is 0.116. The van der Waals surface area contributed by atoms with Gasteiger partial charge in [0.1, 0.15) is 4.32 Å². The van der Waals surface area contributed by atoms with Crippen LogP contribution in [0.4, 0.5) is 4.79 Å². The molecule has 5 heteroatoms. The van der Waals surface area contributed by atoms with E-state index in [2.05, 4.69) is 29.4 Å². The lowest BCUT2D eigenvalue weighted by molar-refractivity contribution is -0.122. The first-order valence-corrected chi connectivity index (χ1v) is 13.1. The van der Waals surface area contributed by atoms with E-state index in [1.165, 1.54) is 96.3 Å². The van der Waals surface area contributed by atoms with Gasteiger partial charge in [-0.2, -0.15) is 0 Å². The molecule has 0 aliphatic carbocycles. The van der Waals surface area contributed by atoms with E-state index >= 15 is 0 Å². The second-order valence-corrected chi connectivity index (χ2v) is 9.68. The lowest BCUT2D eigenvalue weighted by Crippen LogP contribution is -2.46. The Balaban J connectivity index is 0. The summed E-state index contributed by atoms with van der Waals surface area (Å²) in [5.41, 5.74) is 4.81. The fourth-order valence-electron chi connectivity index (χ4n) is 3.28. The first-order valence-electron chi connectivity index (χ1n) is 12.3. The highest BCUT2D eigenvalue weighted by atomic mass is 79.9. The number of nitrogens with one attached hydrogen (secondary N) is 1. The molecule has 0 atom stereocenters. The van der Waals surface area contributed by atoms with Crippen molar-refractivity contribution in [1.29, 1.82) is 0 Å². The number of carbonyl (C=O) groups is 2. The molecule has 0 fully saturated rings. The lowest BCUT2D eigenvalue weighted by Gasteiger charge is -2.21. The van der Waals surface area contributed by atoms with Crippen molar-refractivity contribution in [1.82, 2.24) is 5.32 Å². The van der Waals surface area contributed by atoms with Crippen LogP contribution < -0.4 is 11.1 Å². The molecule has 0 saturated carbocycles. The lowest BCUT2D eigenvalue weighted by atomic mass is 10.0. The van der Waals surface area contributed by atoms with E-state index in [-0.39, 0.29) is 5.91 Å². The van der Waals surface area contributed by atoms with Gasteiger partial charge in [0.25, 0.3) is 0 Å². The first-order chi connectivity index (χ1) is 14.4. The minimum atomic E-state index is -0.814. The van der Waals surface area contributed by atoms with Crippen molar-refractivity contribution in [3.63, 3.8) is 0 Å². The average Bonchev–Trinajstić information content (AvgIpc) is 2.73. The number of unbranched alkanes of at least 4 members (excludes halogenated alkanes) is 14. The monoisotopic (exact) mass is 488 g/mol. The van der Waals surface area contributed by atoms with Crippen LogP contribution in [0.1, 0.15) is 130 Å². The van der Waals surface area contributed by atoms with Crippen molar-refractivity contribution in [2.24, 2.45) is 5.73 Å². The summed E-state index contributed by atoms with van der Waals surface area (Å²) in [6, 6.07) is -0.814. The van der Waals surface area contributed by atoms with Gasteiger partial charge in [-0.1, -0.05) is 126 Å². The third-order valence-electron chi connectivity index (χ3n) is 5.53. The molecule has 3 N–H and O–H groups in total. The van der Waals surface area contributed by atoms with Gasteiger partial charge < -0.3 is 5.73 Å². The predicted molar refractivity (Wildman–Crippen MR) is 135 cm³/mol. The van der Waals surface area contributed by atoms with Gasteiger partial charge in [-0.05, 0) is 25.7 Å². The summed E-state index contributed by atoms with van der Waals surface area (Å²) in [5.74, 6) is -0.375. The molecule has 3 amide bonds. The molecule has 0 aromatic heterocycles. The molecule has 0 heterocycles. The second-order valence-electron chi connectivity index (χ2n) is 8.16. The Morgan fingerprint density at radius 1 is 0.800 bits per heavy atom. The predicted octanol–water partition coefficient (Wildman–Crippen LogP) is 8.18. The number of hydrogen-bond acceptors (Lipinski definition) is 2. The number of halogens is 1. The second kappa shape index (κ2) is 22.8. The number of carbonyl (C=O) groups excluding carboxylic acids is 2. The third kappa shape index (κ3) is 20.4. The van der Waals surface area contributed by atoms with Crippen LogP contribution in [0.2, 0.25) is 0 Å². The van der Waals surface area contributed by atoms with Gasteiger partial charge in [0, 0.05) is 0 Å². The number of rotatable bonds is 18. The van der Waals surface area contributed by atoms with Crippen LogP contribution in [0, 0.1) is 0 Å². The van der Waals surface area contributed by atoms with Crippen molar-refractivity contribution in [3.8, 4) is 0 Å². The minimum Gasteiger partial charge on any atom is -0.351 e. The van der Waals surface area contributed by atoms with E-state index < -0.39 is 10.4 Å². The third-order valence-corrected chi connectivity index (χ3v) is 7.01. The number of hydrogen-bond donors (Lipinski definition) is 2. The molecule has 0 radical (unpaired) electrons. The Morgan fingerprint density at radius 2 is 1.17 bits per heavy atom. The number of amides is 3. The summed E-state index contributed by atoms with van der Waals surface area (Å²) in [5, 5.41) is 2.04. The molecular formula is C25H49BrN2O2. The molecule has 0 aliphatic rings. The largest absolute Gasteiger partial charge is 0.351 e. The molecule has 0 bridgehead atoms. The molecular weight excluding hydrogens is 440 g/mol. The van der Waals surface area contributed by atoms with Crippen LogP contribution in [-0.2, 0) is 4.79 Å². The molecule has 4 nitrogen and oxygen atoms in total. The van der Waals surface area contributed by atoms with E-state index in [9.17, 15) is 9.59 Å². The fourth-order valence-corrected chi connectivity index (χ4v) is 3.38. The Kier molecular flexibility index (Phi) is 23.9. The number of primary amides is 1. The molecule has 178 valence electrons. The fraction of sp³-hybridized carbons (Fsp3) is 0.840. The number of urea groups is 1. The first kappa shape index (κ1) is 31.3. The Hall–Kier alpha value is -0.840. The Morgan fingerprint density at radius 3 is 1.47 bits per heavy atom. The van der Waals surface area contributed by atoms with Crippen LogP contribution in [-0.4, -0.2) is 16.3 Å². The molecule has 0 aliphatic heterocycles. The minimum absolute atomic E-state index is 0.375. The zero-order valence-corrected chi connectivity index (χ0v) is 21.7. The standard InChI is InChI=1S/C18H36.C7H13BrN2O2/c1-3-5-7-9-11-13-15-17-18-16-14-12-10-8-6-4-2;1-3-7(8,4-2)5(11)10-6(9)12/h3H,1,4-18H2,2H3;3-4H2,1-2H3,(H3,9,10,11,12). The van der Waals surface area contributed by atoms with Crippen molar-refractivity contribution in [3.05, 3.63) is 12.7 Å². The van der Waals surface area contributed by atoms with E-state index in [1.807, 2.05) is 25.2 Å². The normalized spacial score (nSPS) is 10.8. The molecule has 0 aromatic rings. The van der Waals surface area contributed by atoms with Gasteiger partial charge in [-0.15, -0.1) is 6.58 Å². The SMILES string of the molecule is C=CCCCCCCCCCCCCCCCC.CCC(Br)(CC)C(=O)NC(N)=O. The zero-order chi connectivity index (χ0) is 23.1. The van der Waals surface area contributed by atoms with E-state index in [0.717, 1.165) is 0 Å². The highest BCUT2D eigenvalue weighted by molar-refractivity contribution is 9.10. The number of imide groups is 1. The number of nitrogens with two attached hydrogens (primary N) is 1. The van der Waals surface area contributed by atoms with Crippen molar-refractivity contribution < 1.29 is 9.59 Å². The summed E-state index contributed by atoms with van der Waals surface area (Å²) < 4.78 is -0.665. The maximum absolute atomic E-state index is 11.3. The van der Waals surface area contributed by atoms with Crippen LogP contribution >= 0.6 is 15.9 Å². The Labute approximate surface area is 195 Å². The Bertz CT molecular complexity index is 423. The van der Waals surface area contributed by atoms with Gasteiger partial charge >= 0.3 is 6.03 Å². The van der Waals surface area contributed by atoms with Crippen LogP contribution in [0.5, 0.6) is 0 Å².